The van der Waals surface area contributed by atoms with Crippen LogP contribution in [0.2, 0.25) is 5.02 Å². The number of likely N-dealkylation sites (N-methyl/N-ethyl adjacent to an activating group) is 1. The molecule has 1 atom stereocenters. The van der Waals surface area contributed by atoms with Gasteiger partial charge in [0, 0.05) is 50.1 Å². The number of halogens is 3. The predicted octanol–water partition coefficient (Wildman–Crippen LogP) is 2.79. The molecule has 1 unspecified atom stereocenters. The Kier molecular flexibility index (Phi) is 8.96. The van der Waals surface area contributed by atoms with Crippen LogP contribution in [-0.4, -0.2) is 63.7 Å². The largest absolute Gasteiger partial charge is 0.381 e. The van der Waals surface area contributed by atoms with Crippen LogP contribution in [0.15, 0.2) is 23.2 Å². The molecule has 2 fully saturated rings. The molecular weight excluding hydrogens is 510 g/mol. The third kappa shape index (κ3) is 6.68. The first kappa shape index (κ1) is 24.1. The maximum absolute atomic E-state index is 13.4. The number of amides is 1. The summed E-state index contributed by atoms with van der Waals surface area (Å²) in [6, 6.07) is 4.58. The first-order chi connectivity index (χ1) is 13.4. The average molecular weight is 539 g/mol. The van der Waals surface area contributed by atoms with E-state index in [9.17, 15) is 9.18 Å². The molecule has 1 amide bonds. The van der Waals surface area contributed by atoms with Gasteiger partial charge in [-0.3, -0.25) is 4.79 Å². The third-order valence-corrected chi connectivity index (χ3v) is 5.72. The summed E-state index contributed by atoms with van der Waals surface area (Å²) >= 11 is 6.28. The van der Waals surface area contributed by atoms with Crippen LogP contribution >= 0.6 is 35.6 Å². The molecular formula is C20H29ClFIN4O2. The van der Waals surface area contributed by atoms with E-state index in [4.69, 9.17) is 16.3 Å². The highest BCUT2D eigenvalue weighted by molar-refractivity contribution is 14.0. The van der Waals surface area contributed by atoms with E-state index in [0.717, 1.165) is 44.6 Å². The molecule has 6 nitrogen and oxygen atoms in total. The van der Waals surface area contributed by atoms with Gasteiger partial charge in [-0.25, -0.2) is 9.38 Å². The van der Waals surface area contributed by atoms with Gasteiger partial charge < -0.3 is 20.3 Å². The zero-order valence-electron chi connectivity index (χ0n) is 16.8. The summed E-state index contributed by atoms with van der Waals surface area (Å²) in [6.45, 7) is 2.98. The van der Waals surface area contributed by atoms with Crippen molar-refractivity contribution < 1.29 is 13.9 Å². The van der Waals surface area contributed by atoms with Gasteiger partial charge in [-0.1, -0.05) is 17.7 Å². The second kappa shape index (κ2) is 10.8. The highest BCUT2D eigenvalue weighted by atomic mass is 127. The molecule has 29 heavy (non-hydrogen) atoms. The number of benzene rings is 1. The third-order valence-electron chi connectivity index (χ3n) is 5.40. The summed E-state index contributed by atoms with van der Waals surface area (Å²) in [5, 5.41) is 7.14. The van der Waals surface area contributed by atoms with E-state index in [1.807, 2.05) is 0 Å². The fourth-order valence-corrected chi connectivity index (χ4v) is 3.68. The van der Waals surface area contributed by atoms with Crippen LogP contribution in [0.25, 0.3) is 0 Å². The predicted molar refractivity (Wildman–Crippen MR) is 124 cm³/mol. The molecule has 1 aromatic carbocycles. The molecule has 0 aromatic heterocycles. The Morgan fingerprint density at radius 3 is 2.72 bits per heavy atom. The highest BCUT2D eigenvalue weighted by Gasteiger charge is 2.45. The molecule has 1 aliphatic heterocycles. The molecule has 9 heteroatoms. The molecule has 3 rings (SSSR count). The van der Waals surface area contributed by atoms with Crippen LogP contribution in [0.3, 0.4) is 0 Å². The summed E-state index contributed by atoms with van der Waals surface area (Å²) in [5.41, 5.74) is 0.839. The number of aliphatic imine (C=N–C) groups is 1. The number of carbonyl (C=O) groups excluding carboxylic acids is 1. The van der Waals surface area contributed by atoms with Gasteiger partial charge in [-0.15, -0.1) is 24.0 Å². The van der Waals surface area contributed by atoms with Crippen LogP contribution in [0.1, 0.15) is 24.8 Å². The maximum Gasteiger partial charge on any atom is 0.243 e. The van der Waals surface area contributed by atoms with Crippen LogP contribution in [-0.2, 0) is 14.9 Å². The molecule has 2 N–H and O–H groups in total. The van der Waals surface area contributed by atoms with Crippen molar-refractivity contribution in [3.05, 3.63) is 34.6 Å². The molecule has 1 aromatic rings. The molecule has 2 aliphatic rings. The van der Waals surface area contributed by atoms with Crippen LogP contribution in [0.5, 0.6) is 0 Å². The summed E-state index contributed by atoms with van der Waals surface area (Å²) in [5.74, 6) is 0.653. The molecule has 1 aliphatic carbocycles. The van der Waals surface area contributed by atoms with Gasteiger partial charge >= 0.3 is 0 Å². The van der Waals surface area contributed by atoms with Gasteiger partial charge in [0.1, 0.15) is 12.4 Å². The Labute approximate surface area is 193 Å². The second-order valence-electron chi connectivity index (χ2n) is 7.82. The summed E-state index contributed by atoms with van der Waals surface area (Å²) < 4.78 is 18.8. The van der Waals surface area contributed by atoms with E-state index < -0.39 is 0 Å². The Hall–Kier alpha value is -1.13. The molecule has 1 saturated heterocycles. The van der Waals surface area contributed by atoms with Gasteiger partial charge in [0.2, 0.25) is 5.91 Å². The molecule has 0 radical (unpaired) electrons. The number of hydrogen-bond donors (Lipinski definition) is 2. The summed E-state index contributed by atoms with van der Waals surface area (Å²) in [7, 11) is 3.42. The van der Waals surface area contributed by atoms with Crippen molar-refractivity contribution in [3.63, 3.8) is 0 Å². The van der Waals surface area contributed by atoms with E-state index >= 15 is 0 Å². The molecule has 0 spiro atoms. The van der Waals surface area contributed by atoms with E-state index in [0.29, 0.717) is 23.4 Å². The fraction of sp³-hybridized carbons (Fsp3) is 0.600. The Balaban J connectivity index is 0.00000300. The number of nitrogens with one attached hydrogen (secondary N) is 2. The monoisotopic (exact) mass is 538 g/mol. The van der Waals surface area contributed by atoms with Crippen molar-refractivity contribution in [1.29, 1.82) is 0 Å². The van der Waals surface area contributed by atoms with Crippen molar-refractivity contribution in [2.45, 2.75) is 24.7 Å². The van der Waals surface area contributed by atoms with E-state index in [1.54, 1.807) is 20.2 Å². The molecule has 0 bridgehead atoms. The fourth-order valence-electron chi connectivity index (χ4n) is 3.31. The molecule has 1 saturated carbocycles. The zero-order valence-corrected chi connectivity index (χ0v) is 19.9. The van der Waals surface area contributed by atoms with Crippen molar-refractivity contribution in [1.82, 2.24) is 15.5 Å². The van der Waals surface area contributed by atoms with Gasteiger partial charge in [-0.2, -0.15) is 0 Å². The Bertz CT molecular complexity index is 737. The van der Waals surface area contributed by atoms with Crippen molar-refractivity contribution in [3.8, 4) is 0 Å². The SMILES string of the molecule is CN(C)C(=O)CN=C(NCC1CCOC1)NCC1(c2ccc(F)cc2Cl)CC1.I. The number of hydrogen-bond acceptors (Lipinski definition) is 3. The van der Waals surface area contributed by atoms with E-state index in [-0.39, 0.29) is 47.7 Å². The lowest BCUT2D eigenvalue weighted by Crippen LogP contribution is -2.43. The first-order valence-electron chi connectivity index (χ1n) is 9.65. The standard InChI is InChI=1S/C20H28ClFN4O2.HI/c1-26(2)18(27)11-24-19(23-10-14-5-8-28-12-14)25-13-20(6-7-20)16-4-3-15(22)9-17(16)21;/h3-4,9,14H,5-8,10-13H2,1-2H3,(H2,23,24,25);1H. The minimum Gasteiger partial charge on any atom is -0.381 e. The average Bonchev–Trinajstić information content (AvgIpc) is 3.24. The number of ether oxygens (including phenoxy) is 1. The smallest absolute Gasteiger partial charge is 0.243 e. The normalized spacial score (nSPS) is 20.0. The zero-order chi connectivity index (χ0) is 20.1. The van der Waals surface area contributed by atoms with Gasteiger partial charge in [0.25, 0.3) is 0 Å². The quantitative estimate of drug-likeness (QED) is 0.318. The minimum atomic E-state index is -0.331. The summed E-state index contributed by atoms with van der Waals surface area (Å²) in [6.07, 6.45) is 2.98. The van der Waals surface area contributed by atoms with Crippen molar-refractivity contribution >= 4 is 47.4 Å². The Morgan fingerprint density at radius 2 is 2.14 bits per heavy atom. The van der Waals surface area contributed by atoms with Crippen LogP contribution in [0.4, 0.5) is 4.39 Å². The topological polar surface area (TPSA) is 66.0 Å². The number of carbonyl (C=O) groups is 1. The Morgan fingerprint density at radius 1 is 1.38 bits per heavy atom. The first-order valence-corrected chi connectivity index (χ1v) is 10.0. The van der Waals surface area contributed by atoms with Crippen LogP contribution < -0.4 is 10.6 Å². The van der Waals surface area contributed by atoms with Gasteiger partial charge in [0.05, 0.1) is 6.61 Å². The number of nitrogens with zero attached hydrogens (tertiary/aromatic N) is 2. The highest BCUT2D eigenvalue weighted by Crippen LogP contribution is 2.50. The molecule has 1 heterocycles. The van der Waals surface area contributed by atoms with Crippen molar-refractivity contribution in [2.75, 3.05) is 46.9 Å². The van der Waals surface area contributed by atoms with Crippen LogP contribution in [0, 0.1) is 11.7 Å². The van der Waals surface area contributed by atoms with E-state index in [1.165, 1.54) is 17.0 Å². The van der Waals surface area contributed by atoms with Gasteiger partial charge in [-0.05, 0) is 37.0 Å². The lowest BCUT2D eigenvalue weighted by molar-refractivity contribution is -0.127. The summed E-state index contributed by atoms with van der Waals surface area (Å²) in [4.78, 5) is 17.9. The lowest BCUT2D eigenvalue weighted by Gasteiger charge is -2.21. The second-order valence-corrected chi connectivity index (χ2v) is 8.23. The number of rotatable bonds is 7. The van der Waals surface area contributed by atoms with Crippen molar-refractivity contribution in [2.24, 2.45) is 10.9 Å². The minimum absolute atomic E-state index is 0. The molecule has 162 valence electrons. The maximum atomic E-state index is 13.4. The number of guanidine groups is 1. The van der Waals surface area contributed by atoms with E-state index in [2.05, 4.69) is 15.6 Å². The lowest BCUT2D eigenvalue weighted by atomic mass is 9.96. The van der Waals surface area contributed by atoms with Gasteiger partial charge in [0.15, 0.2) is 5.96 Å².